The minimum atomic E-state index is -0.0528. The molecule has 1 aromatic rings. The van der Waals surface area contributed by atoms with Crippen LogP contribution in [-0.2, 0) is 11.2 Å². The summed E-state index contributed by atoms with van der Waals surface area (Å²) >= 11 is 0. The number of benzene rings is 1. The van der Waals surface area contributed by atoms with Crippen LogP contribution in [0.1, 0.15) is 37.6 Å². The first-order valence-corrected chi connectivity index (χ1v) is 7.86. The SMILES string of the molecule is CCc1ccc(C2NC(CC)C(=O)N2CCN(C)C)cc1. The largest absolute Gasteiger partial charge is 0.320 e. The van der Waals surface area contributed by atoms with Gasteiger partial charge in [0, 0.05) is 13.1 Å². The van der Waals surface area contributed by atoms with E-state index in [0.717, 1.165) is 25.9 Å². The molecule has 1 saturated heterocycles. The lowest BCUT2D eigenvalue weighted by molar-refractivity contribution is -0.130. The Balaban J connectivity index is 2.18. The Morgan fingerprint density at radius 2 is 1.86 bits per heavy atom. The monoisotopic (exact) mass is 289 g/mol. The Morgan fingerprint density at radius 1 is 1.19 bits per heavy atom. The quantitative estimate of drug-likeness (QED) is 0.870. The molecule has 1 aliphatic rings. The number of hydrogen-bond donors (Lipinski definition) is 1. The average molecular weight is 289 g/mol. The molecule has 1 N–H and O–H groups in total. The fourth-order valence-corrected chi connectivity index (χ4v) is 2.73. The third-order valence-corrected chi connectivity index (χ3v) is 4.15. The van der Waals surface area contributed by atoms with E-state index in [1.165, 1.54) is 11.1 Å². The van der Waals surface area contributed by atoms with E-state index >= 15 is 0 Å². The summed E-state index contributed by atoms with van der Waals surface area (Å²) in [5.74, 6) is 0.226. The fraction of sp³-hybridized carbons (Fsp3) is 0.588. The van der Waals surface area contributed by atoms with Crippen LogP contribution in [-0.4, -0.2) is 48.9 Å². The van der Waals surface area contributed by atoms with Gasteiger partial charge < -0.3 is 9.80 Å². The van der Waals surface area contributed by atoms with E-state index in [2.05, 4.69) is 48.3 Å². The Morgan fingerprint density at radius 3 is 2.38 bits per heavy atom. The molecule has 0 aromatic heterocycles. The predicted molar refractivity (Wildman–Crippen MR) is 86.0 cm³/mol. The molecule has 1 heterocycles. The molecule has 2 atom stereocenters. The molecule has 0 saturated carbocycles. The second kappa shape index (κ2) is 7.05. The zero-order valence-electron chi connectivity index (χ0n) is 13.6. The first-order chi connectivity index (χ1) is 10.1. The summed E-state index contributed by atoms with van der Waals surface area (Å²) in [7, 11) is 4.08. The van der Waals surface area contributed by atoms with Gasteiger partial charge in [0.25, 0.3) is 0 Å². The molecule has 0 aliphatic carbocycles. The van der Waals surface area contributed by atoms with Crippen molar-refractivity contribution < 1.29 is 4.79 Å². The molecule has 4 heteroatoms. The van der Waals surface area contributed by atoms with Crippen LogP contribution in [0.15, 0.2) is 24.3 Å². The van der Waals surface area contributed by atoms with Crippen LogP contribution in [0.4, 0.5) is 0 Å². The Hall–Kier alpha value is -1.39. The molecular formula is C17H27N3O. The van der Waals surface area contributed by atoms with Crippen LogP contribution >= 0.6 is 0 Å². The molecular weight excluding hydrogens is 262 g/mol. The Kier molecular flexibility index (Phi) is 5.37. The molecule has 0 radical (unpaired) electrons. The summed E-state index contributed by atoms with van der Waals surface area (Å²) in [4.78, 5) is 16.6. The zero-order valence-corrected chi connectivity index (χ0v) is 13.6. The van der Waals surface area contributed by atoms with Crippen LogP contribution in [0.3, 0.4) is 0 Å². The van der Waals surface area contributed by atoms with Crippen molar-refractivity contribution in [3.8, 4) is 0 Å². The highest BCUT2D eigenvalue weighted by Gasteiger charge is 2.38. The van der Waals surface area contributed by atoms with Crippen molar-refractivity contribution in [1.29, 1.82) is 0 Å². The Bertz CT molecular complexity index is 469. The van der Waals surface area contributed by atoms with Gasteiger partial charge >= 0.3 is 0 Å². The van der Waals surface area contributed by atoms with Gasteiger partial charge in [-0.15, -0.1) is 0 Å². The van der Waals surface area contributed by atoms with Gasteiger partial charge in [-0.3, -0.25) is 10.1 Å². The highest BCUT2D eigenvalue weighted by molar-refractivity contribution is 5.84. The lowest BCUT2D eigenvalue weighted by Gasteiger charge is -2.26. The van der Waals surface area contributed by atoms with Crippen LogP contribution in [0, 0.1) is 0 Å². The van der Waals surface area contributed by atoms with Gasteiger partial charge in [0.15, 0.2) is 0 Å². The number of likely N-dealkylation sites (N-methyl/N-ethyl adjacent to an activating group) is 1. The number of nitrogens with one attached hydrogen (secondary N) is 1. The van der Waals surface area contributed by atoms with E-state index in [4.69, 9.17) is 0 Å². The van der Waals surface area contributed by atoms with Crippen LogP contribution < -0.4 is 5.32 Å². The molecule has 1 aromatic carbocycles. The van der Waals surface area contributed by atoms with Crippen LogP contribution in [0.25, 0.3) is 0 Å². The van der Waals surface area contributed by atoms with E-state index < -0.39 is 0 Å². The number of carbonyl (C=O) groups is 1. The minimum Gasteiger partial charge on any atom is -0.320 e. The first-order valence-electron chi connectivity index (χ1n) is 7.86. The maximum Gasteiger partial charge on any atom is 0.241 e. The van der Waals surface area contributed by atoms with Crippen LogP contribution in [0.2, 0.25) is 0 Å². The third kappa shape index (κ3) is 3.63. The number of aryl methyl sites for hydroxylation is 1. The summed E-state index contributed by atoms with van der Waals surface area (Å²) in [5, 5.41) is 3.48. The number of amides is 1. The summed E-state index contributed by atoms with van der Waals surface area (Å²) in [6, 6.07) is 8.55. The average Bonchev–Trinajstić information content (AvgIpc) is 2.81. The minimum absolute atomic E-state index is 0.00769. The van der Waals surface area contributed by atoms with E-state index in [9.17, 15) is 4.79 Å². The van der Waals surface area contributed by atoms with Gasteiger partial charge in [-0.2, -0.15) is 0 Å². The van der Waals surface area contributed by atoms with Crippen molar-refractivity contribution in [2.45, 2.75) is 38.9 Å². The van der Waals surface area contributed by atoms with Gasteiger partial charge in [-0.25, -0.2) is 0 Å². The maximum absolute atomic E-state index is 12.5. The highest BCUT2D eigenvalue weighted by Crippen LogP contribution is 2.26. The maximum atomic E-state index is 12.5. The van der Waals surface area contributed by atoms with Crippen molar-refractivity contribution in [2.24, 2.45) is 0 Å². The molecule has 4 nitrogen and oxygen atoms in total. The van der Waals surface area contributed by atoms with Crippen molar-refractivity contribution in [3.05, 3.63) is 35.4 Å². The summed E-state index contributed by atoms with van der Waals surface area (Å²) in [6.07, 6.45) is 1.88. The molecule has 2 unspecified atom stereocenters. The predicted octanol–water partition coefficient (Wildman–Crippen LogP) is 2.02. The van der Waals surface area contributed by atoms with E-state index in [1.807, 2.05) is 19.0 Å². The fourth-order valence-electron chi connectivity index (χ4n) is 2.73. The molecule has 1 aliphatic heterocycles. The first kappa shape index (κ1) is 16.0. The molecule has 0 bridgehead atoms. The van der Waals surface area contributed by atoms with E-state index in [1.54, 1.807) is 0 Å². The summed E-state index contributed by atoms with van der Waals surface area (Å²) in [6.45, 7) is 5.86. The van der Waals surface area contributed by atoms with Gasteiger partial charge in [-0.1, -0.05) is 38.1 Å². The van der Waals surface area contributed by atoms with Crippen molar-refractivity contribution >= 4 is 5.91 Å². The van der Waals surface area contributed by atoms with Gasteiger partial charge in [-0.05, 0) is 38.1 Å². The standard InChI is InChI=1S/C17H27N3O/c1-5-13-7-9-14(10-8-13)16-18-15(6-2)17(21)20(16)12-11-19(3)4/h7-10,15-16,18H,5-6,11-12H2,1-4H3. The van der Waals surface area contributed by atoms with E-state index in [-0.39, 0.29) is 18.1 Å². The number of hydrogen-bond acceptors (Lipinski definition) is 3. The number of nitrogens with zero attached hydrogens (tertiary/aromatic N) is 2. The number of carbonyl (C=O) groups excluding carboxylic acids is 1. The Labute approximate surface area is 128 Å². The summed E-state index contributed by atoms with van der Waals surface area (Å²) in [5.41, 5.74) is 2.50. The summed E-state index contributed by atoms with van der Waals surface area (Å²) < 4.78 is 0. The smallest absolute Gasteiger partial charge is 0.241 e. The zero-order chi connectivity index (χ0) is 15.4. The lowest BCUT2D eigenvalue weighted by Crippen LogP contribution is -2.36. The molecule has 21 heavy (non-hydrogen) atoms. The highest BCUT2D eigenvalue weighted by atomic mass is 16.2. The molecule has 0 spiro atoms. The third-order valence-electron chi connectivity index (χ3n) is 4.15. The second-order valence-corrected chi connectivity index (χ2v) is 5.96. The van der Waals surface area contributed by atoms with E-state index in [0.29, 0.717) is 0 Å². The van der Waals surface area contributed by atoms with Gasteiger partial charge in [0.05, 0.1) is 6.04 Å². The molecule has 1 fully saturated rings. The van der Waals surface area contributed by atoms with Crippen molar-refractivity contribution in [3.63, 3.8) is 0 Å². The molecule has 116 valence electrons. The normalized spacial score (nSPS) is 22.3. The van der Waals surface area contributed by atoms with Gasteiger partial charge in [0.1, 0.15) is 6.17 Å². The second-order valence-electron chi connectivity index (χ2n) is 5.96. The van der Waals surface area contributed by atoms with Crippen molar-refractivity contribution in [2.75, 3.05) is 27.2 Å². The lowest BCUT2D eigenvalue weighted by atomic mass is 10.1. The van der Waals surface area contributed by atoms with Crippen LogP contribution in [0.5, 0.6) is 0 Å². The topological polar surface area (TPSA) is 35.6 Å². The molecule has 1 amide bonds. The molecule has 2 rings (SSSR count). The van der Waals surface area contributed by atoms with Crippen molar-refractivity contribution in [1.82, 2.24) is 15.1 Å². The number of rotatable bonds is 6. The van der Waals surface area contributed by atoms with Gasteiger partial charge in [0.2, 0.25) is 5.91 Å².